The topological polar surface area (TPSA) is 41.1 Å². The van der Waals surface area contributed by atoms with Crippen LogP contribution in [0.3, 0.4) is 0 Å². The molecule has 1 amide bonds. The second-order valence-corrected chi connectivity index (χ2v) is 5.30. The van der Waals surface area contributed by atoms with Crippen LogP contribution in [0.4, 0.5) is 10.1 Å². The van der Waals surface area contributed by atoms with Crippen molar-refractivity contribution in [2.75, 3.05) is 11.9 Å². The molecule has 0 aliphatic rings. The Morgan fingerprint density at radius 2 is 2.00 bits per heavy atom. The van der Waals surface area contributed by atoms with E-state index in [4.69, 9.17) is 0 Å². The van der Waals surface area contributed by atoms with E-state index >= 15 is 0 Å². The average Bonchev–Trinajstić information content (AvgIpc) is 2.33. The Hall–Kier alpha value is -1.58. The summed E-state index contributed by atoms with van der Waals surface area (Å²) in [7, 11) is 0. The van der Waals surface area contributed by atoms with E-state index in [2.05, 4.69) is 24.5 Å². The molecule has 19 heavy (non-hydrogen) atoms. The molecular formula is C15H23FN2O. The first kappa shape index (κ1) is 15.5. The van der Waals surface area contributed by atoms with Gasteiger partial charge in [0.05, 0.1) is 0 Å². The number of aryl methyl sites for hydroxylation is 1. The first-order valence-corrected chi connectivity index (χ1v) is 6.70. The fourth-order valence-electron chi connectivity index (χ4n) is 1.69. The Morgan fingerprint density at radius 1 is 1.32 bits per heavy atom. The van der Waals surface area contributed by atoms with Crippen molar-refractivity contribution in [3.05, 3.63) is 29.6 Å². The Balaban J connectivity index is 2.47. The number of nitrogens with one attached hydrogen (secondary N) is 2. The zero-order chi connectivity index (χ0) is 14.4. The molecule has 106 valence electrons. The molecule has 0 fully saturated rings. The molecular weight excluding hydrogens is 243 g/mol. The number of amides is 1. The minimum atomic E-state index is -0.336. The highest BCUT2D eigenvalue weighted by molar-refractivity contribution is 5.84. The smallest absolute Gasteiger partial charge is 0.242 e. The van der Waals surface area contributed by atoms with E-state index in [0.717, 1.165) is 12.1 Å². The lowest BCUT2D eigenvalue weighted by molar-refractivity contribution is -0.121. The van der Waals surface area contributed by atoms with Crippen molar-refractivity contribution in [3.63, 3.8) is 0 Å². The fourth-order valence-corrected chi connectivity index (χ4v) is 1.69. The third-order valence-electron chi connectivity index (χ3n) is 2.96. The lowest BCUT2D eigenvalue weighted by atomic mass is 10.1. The molecule has 1 unspecified atom stereocenters. The maximum atomic E-state index is 13.1. The lowest BCUT2D eigenvalue weighted by Crippen LogP contribution is -2.38. The SMILES string of the molecule is Cc1cc(NC(C)C(=O)NCCC(C)C)ccc1F. The Kier molecular flexibility index (Phi) is 5.80. The van der Waals surface area contributed by atoms with E-state index in [9.17, 15) is 9.18 Å². The molecule has 0 spiro atoms. The maximum Gasteiger partial charge on any atom is 0.242 e. The van der Waals surface area contributed by atoms with E-state index in [1.165, 1.54) is 6.07 Å². The molecule has 1 rings (SSSR count). The molecule has 0 aliphatic carbocycles. The summed E-state index contributed by atoms with van der Waals surface area (Å²) in [5, 5.41) is 5.95. The number of halogens is 1. The quantitative estimate of drug-likeness (QED) is 0.830. The van der Waals surface area contributed by atoms with Gasteiger partial charge in [0.2, 0.25) is 5.91 Å². The van der Waals surface area contributed by atoms with Crippen molar-refractivity contribution >= 4 is 11.6 Å². The van der Waals surface area contributed by atoms with Crippen LogP contribution in [0.15, 0.2) is 18.2 Å². The van der Waals surface area contributed by atoms with Crippen LogP contribution in [-0.2, 0) is 4.79 Å². The monoisotopic (exact) mass is 266 g/mol. The zero-order valence-electron chi connectivity index (χ0n) is 12.1. The van der Waals surface area contributed by atoms with Crippen LogP contribution in [0.25, 0.3) is 0 Å². The van der Waals surface area contributed by atoms with Crippen molar-refractivity contribution in [1.29, 1.82) is 0 Å². The number of rotatable bonds is 6. The molecule has 0 saturated carbocycles. The molecule has 0 aromatic heterocycles. The number of carbonyl (C=O) groups is 1. The van der Waals surface area contributed by atoms with E-state index in [0.29, 0.717) is 18.0 Å². The molecule has 0 bridgehead atoms. The molecule has 0 radical (unpaired) electrons. The minimum absolute atomic E-state index is 0.0392. The van der Waals surface area contributed by atoms with E-state index in [-0.39, 0.29) is 17.8 Å². The van der Waals surface area contributed by atoms with Crippen LogP contribution in [0.1, 0.15) is 32.8 Å². The fraction of sp³-hybridized carbons (Fsp3) is 0.533. The predicted octanol–water partition coefficient (Wildman–Crippen LogP) is 3.10. The number of hydrogen-bond acceptors (Lipinski definition) is 2. The maximum absolute atomic E-state index is 13.1. The predicted molar refractivity (Wildman–Crippen MR) is 76.7 cm³/mol. The van der Waals surface area contributed by atoms with Gasteiger partial charge in [0.25, 0.3) is 0 Å². The molecule has 1 aromatic rings. The second-order valence-electron chi connectivity index (χ2n) is 5.30. The van der Waals surface area contributed by atoms with Gasteiger partial charge in [-0.25, -0.2) is 4.39 Å². The van der Waals surface area contributed by atoms with Gasteiger partial charge in [-0.15, -0.1) is 0 Å². The molecule has 1 aromatic carbocycles. The largest absolute Gasteiger partial charge is 0.374 e. The van der Waals surface area contributed by atoms with Gasteiger partial charge < -0.3 is 10.6 Å². The Bertz CT molecular complexity index is 432. The first-order chi connectivity index (χ1) is 8.90. The highest BCUT2D eigenvalue weighted by Gasteiger charge is 2.12. The highest BCUT2D eigenvalue weighted by atomic mass is 19.1. The number of anilines is 1. The second kappa shape index (κ2) is 7.12. The Morgan fingerprint density at radius 3 is 2.58 bits per heavy atom. The van der Waals surface area contributed by atoms with Crippen LogP contribution in [0, 0.1) is 18.7 Å². The van der Waals surface area contributed by atoms with Gasteiger partial charge in [-0.05, 0) is 49.9 Å². The highest BCUT2D eigenvalue weighted by Crippen LogP contribution is 2.14. The number of hydrogen-bond donors (Lipinski definition) is 2. The summed E-state index contributed by atoms with van der Waals surface area (Å²) in [6, 6.07) is 4.41. The third-order valence-corrected chi connectivity index (χ3v) is 2.96. The normalized spacial score (nSPS) is 12.3. The van der Waals surface area contributed by atoms with Crippen LogP contribution in [0.5, 0.6) is 0 Å². The van der Waals surface area contributed by atoms with Gasteiger partial charge in [0.1, 0.15) is 11.9 Å². The number of carbonyl (C=O) groups excluding carboxylic acids is 1. The van der Waals surface area contributed by atoms with Crippen LogP contribution >= 0.6 is 0 Å². The van der Waals surface area contributed by atoms with Gasteiger partial charge >= 0.3 is 0 Å². The zero-order valence-corrected chi connectivity index (χ0v) is 12.1. The molecule has 1 atom stereocenters. The van der Waals surface area contributed by atoms with Crippen LogP contribution in [0.2, 0.25) is 0 Å². The average molecular weight is 266 g/mol. The summed E-state index contributed by atoms with van der Waals surface area (Å²) in [6.45, 7) is 8.42. The molecule has 0 saturated heterocycles. The standard InChI is InChI=1S/C15H23FN2O/c1-10(2)7-8-17-15(19)12(4)18-13-5-6-14(16)11(3)9-13/h5-6,9-10,12,18H,7-8H2,1-4H3,(H,17,19). The summed E-state index contributed by atoms with van der Waals surface area (Å²) < 4.78 is 13.1. The minimum Gasteiger partial charge on any atom is -0.374 e. The van der Waals surface area contributed by atoms with Crippen molar-refractivity contribution in [3.8, 4) is 0 Å². The van der Waals surface area contributed by atoms with Gasteiger partial charge in [0.15, 0.2) is 0 Å². The summed E-state index contributed by atoms with van der Waals surface area (Å²) in [6.07, 6.45) is 0.966. The first-order valence-electron chi connectivity index (χ1n) is 6.70. The van der Waals surface area contributed by atoms with E-state index < -0.39 is 0 Å². The molecule has 0 aliphatic heterocycles. The van der Waals surface area contributed by atoms with Crippen molar-refractivity contribution in [1.82, 2.24) is 5.32 Å². The summed E-state index contributed by atoms with van der Waals surface area (Å²) in [5.41, 5.74) is 1.32. The van der Waals surface area contributed by atoms with Crippen LogP contribution in [-0.4, -0.2) is 18.5 Å². The lowest BCUT2D eigenvalue weighted by Gasteiger charge is -2.16. The van der Waals surface area contributed by atoms with Gasteiger partial charge in [0, 0.05) is 12.2 Å². The summed E-state index contributed by atoms with van der Waals surface area (Å²) in [4.78, 5) is 11.8. The van der Waals surface area contributed by atoms with Crippen LogP contribution < -0.4 is 10.6 Å². The van der Waals surface area contributed by atoms with E-state index in [1.807, 2.05) is 0 Å². The number of benzene rings is 1. The van der Waals surface area contributed by atoms with Gasteiger partial charge in [-0.2, -0.15) is 0 Å². The van der Waals surface area contributed by atoms with Crippen molar-refractivity contribution < 1.29 is 9.18 Å². The summed E-state index contributed by atoms with van der Waals surface area (Å²) in [5.74, 6) is 0.297. The van der Waals surface area contributed by atoms with Crippen molar-refractivity contribution in [2.45, 2.75) is 40.2 Å². The molecule has 2 N–H and O–H groups in total. The molecule has 3 nitrogen and oxygen atoms in total. The molecule has 4 heteroatoms. The van der Waals surface area contributed by atoms with Gasteiger partial charge in [-0.1, -0.05) is 13.8 Å². The van der Waals surface area contributed by atoms with Gasteiger partial charge in [-0.3, -0.25) is 4.79 Å². The molecule has 0 heterocycles. The van der Waals surface area contributed by atoms with E-state index in [1.54, 1.807) is 26.0 Å². The van der Waals surface area contributed by atoms with Crippen molar-refractivity contribution in [2.24, 2.45) is 5.92 Å². The summed E-state index contributed by atoms with van der Waals surface area (Å²) >= 11 is 0. The Labute approximate surface area is 114 Å². The third kappa shape index (κ3) is 5.28.